The van der Waals surface area contributed by atoms with Crippen molar-refractivity contribution in [1.82, 2.24) is 0 Å². The molecule has 76 valence electrons. The van der Waals surface area contributed by atoms with Crippen LogP contribution in [0.5, 0.6) is 0 Å². The van der Waals surface area contributed by atoms with Crippen LogP contribution in [0.4, 0.5) is 0 Å². The minimum Gasteiger partial charge on any atom is -0.324 e. The Morgan fingerprint density at radius 1 is 1.21 bits per heavy atom. The third-order valence-corrected chi connectivity index (χ3v) is 3.37. The van der Waals surface area contributed by atoms with Crippen molar-refractivity contribution < 1.29 is 0 Å². The highest BCUT2D eigenvalue weighted by molar-refractivity contribution is 5.43. The van der Waals surface area contributed by atoms with Gasteiger partial charge in [-0.05, 0) is 49.3 Å². The van der Waals surface area contributed by atoms with Crippen molar-refractivity contribution in [3.05, 3.63) is 34.4 Å². The van der Waals surface area contributed by atoms with Gasteiger partial charge in [-0.25, -0.2) is 0 Å². The third-order valence-electron chi connectivity index (χ3n) is 3.37. The van der Waals surface area contributed by atoms with Crippen molar-refractivity contribution in [2.24, 2.45) is 5.73 Å². The largest absolute Gasteiger partial charge is 0.324 e. The summed E-state index contributed by atoms with van der Waals surface area (Å²) in [5.41, 5.74) is 11.8. The predicted octanol–water partition coefficient (Wildman–Crippen LogP) is 3.20. The monoisotopic (exact) mass is 189 g/mol. The Morgan fingerprint density at radius 3 is 2.64 bits per heavy atom. The molecule has 2 N–H and O–H groups in total. The van der Waals surface area contributed by atoms with E-state index < -0.39 is 0 Å². The molecular formula is C13H19N. The van der Waals surface area contributed by atoms with Gasteiger partial charge in [-0.15, -0.1) is 0 Å². The molecule has 1 unspecified atom stereocenters. The summed E-state index contributed by atoms with van der Waals surface area (Å²) in [6.45, 7) is 6.67. The zero-order valence-corrected chi connectivity index (χ0v) is 9.30. The van der Waals surface area contributed by atoms with Crippen LogP contribution in [0.1, 0.15) is 54.0 Å². The molecule has 1 aliphatic rings. The Kier molecular flexibility index (Phi) is 2.36. The molecule has 0 fully saturated rings. The SMILES string of the molecule is Cc1cc(C)c2c(c1)[C@@H](N)CCC2C. The van der Waals surface area contributed by atoms with Crippen molar-refractivity contribution in [1.29, 1.82) is 0 Å². The molecule has 0 saturated heterocycles. The normalized spacial score (nSPS) is 26.0. The first kappa shape index (κ1) is 9.72. The Bertz CT molecular complexity index is 354. The molecule has 1 nitrogen and oxygen atoms in total. The van der Waals surface area contributed by atoms with Gasteiger partial charge in [0.15, 0.2) is 0 Å². The number of rotatable bonds is 0. The second-order valence-corrected chi connectivity index (χ2v) is 4.67. The summed E-state index contributed by atoms with van der Waals surface area (Å²) in [6, 6.07) is 4.80. The zero-order valence-electron chi connectivity index (χ0n) is 9.30. The number of benzene rings is 1. The van der Waals surface area contributed by atoms with Crippen molar-refractivity contribution in [3.8, 4) is 0 Å². The van der Waals surface area contributed by atoms with Crippen molar-refractivity contribution in [3.63, 3.8) is 0 Å². The van der Waals surface area contributed by atoms with Gasteiger partial charge < -0.3 is 5.73 Å². The number of hydrogen-bond acceptors (Lipinski definition) is 1. The van der Waals surface area contributed by atoms with Crippen molar-refractivity contribution in [2.75, 3.05) is 0 Å². The summed E-state index contributed by atoms with van der Waals surface area (Å²) >= 11 is 0. The summed E-state index contributed by atoms with van der Waals surface area (Å²) in [5, 5.41) is 0. The molecule has 0 saturated carbocycles. The van der Waals surface area contributed by atoms with Crippen LogP contribution < -0.4 is 5.73 Å². The topological polar surface area (TPSA) is 26.0 Å². The van der Waals surface area contributed by atoms with E-state index in [1.807, 2.05) is 0 Å². The summed E-state index contributed by atoms with van der Waals surface area (Å²) in [6.07, 6.45) is 2.37. The Hall–Kier alpha value is -0.820. The van der Waals surface area contributed by atoms with Gasteiger partial charge in [0.2, 0.25) is 0 Å². The average Bonchev–Trinajstić information content (AvgIpc) is 2.10. The van der Waals surface area contributed by atoms with Gasteiger partial charge >= 0.3 is 0 Å². The molecule has 14 heavy (non-hydrogen) atoms. The first-order valence-corrected chi connectivity index (χ1v) is 5.46. The van der Waals surface area contributed by atoms with Crippen LogP contribution in [0.15, 0.2) is 12.1 Å². The fraction of sp³-hybridized carbons (Fsp3) is 0.538. The highest BCUT2D eigenvalue weighted by Crippen LogP contribution is 2.38. The smallest absolute Gasteiger partial charge is 0.0298 e. The molecule has 0 amide bonds. The molecule has 1 heteroatoms. The van der Waals surface area contributed by atoms with Crippen LogP contribution in [0.3, 0.4) is 0 Å². The summed E-state index contributed by atoms with van der Waals surface area (Å²) in [5.74, 6) is 0.686. The summed E-state index contributed by atoms with van der Waals surface area (Å²) in [4.78, 5) is 0. The first-order valence-electron chi connectivity index (χ1n) is 5.46. The van der Waals surface area contributed by atoms with E-state index in [0.717, 1.165) is 6.42 Å². The van der Waals surface area contributed by atoms with Gasteiger partial charge in [-0.3, -0.25) is 0 Å². The molecule has 0 radical (unpaired) electrons. The lowest BCUT2D eigenvalue weighted by atomic mass is 9.78. The molecule has 0 bridgehead atoms. The van der Waals surface area contributed by atoms with Crippen LogP contribution in [-0.2, 0) is 0 Å². The number of hydrogen-bond donors (Lipinski definition) is 1. The minimum atomic E-state index is 0.264. The average molecular weight is 189 g/mol. The maximum Gasteiger partial charge on any atom is 0.0298 e. The molecule has 2 rings (SSSR count). The van der Waals surface area contributed by atoms with Crippen LogP contribution in [0.2, 0.25) is 0 Å². The van der Waals surface area contributed by atoms with E-state index in [2.05, 4.69) is 32.9 Å². The van der Waals surface area contributed by atoms with E-state index in [4.69, 9.17) is 5.73 Å². The molecule has 0 spiro atoms. The van der Waals surface area contributed by atoms with Gasteiger partial charge in [-0.2, -0.15) is 0 Å². The number of fused-ring (bicyclic) bond motifs is 1. The molecule has 0 aromatic heterocycles. The van der Waals surface area contributed by atoms with Crippen molar-refractivity contribution in [2.45, 2.75) is 45.6 Å². The van der Waals surface area contributed by atoms with Crippen LogP contribution in [0, 0.1) is 13.8 Å². The first-order chi connectivity index (χ1) is 6.59. The van der Waals surface area contributed by atoms with Gasteiger partial charge in [0.05, 0.1) is 0 Å². The lowest BCUT2D eigenvalue weighted by Gasteiger charge is -2.29. The summed E-state index contributed by atoms with van der Waals surface area (Å²) in [7, 11) is 0. The second kappa shape index (κ2) is 3.39. The van der Waals surface area contributed by atoms with E-state index in [-0.39, 0.29) is 6.04 Å². The molecule has 1 aromatic carbocycles. The molecular weight excluding hydrogens is 170 g/mol. The van der Waals surface area contributed by atoms with Crippen LogP contribution in [0.25, 0.3) is 0 Å². The van der Waals surface area contributed by atoms with Gasteiger partial charge in [0, 0.05) is 6.04 Å². The molecule has 0 aliphatic heterocycles. The molecule has 1 aliphatic carbocycles. The van der Waals surface area contributed by atoms with Crippen LogP contribution in [-0.4, -0.2) is 0 Å². The zero-order chi connectivity index (χ0) is 10.3. The highest BCUT2D eigenvalue weighted by Gasteiger charge is 2.23. The number of nitrogens with two attached hydrogens (primary N) is 1. The lowest BCUT2D eigenvalue weighted by Crippen LogP contribution is -2.20. The van der Waals surface area contributed by atoms with E-state index in [1.54, 1.807) is 0 Å². The van der Waals surface area contributed by atoms with Gasteiger partial charge in [0.1, 0.15) is 0 Å². The molecule has 2 atom stereocenters. The van der Waals surface area contributed by atoms with E-state index >= 15 is 0 Å². The fourth-order valence-corrected chi connectivity index (χ4v) is 2.72. The quantitative estimate of drug-likeness (QED) is 0.666. The second-order valence-electron chi connectivity index (χ2n) is 4.67. The Morgan fingerprint density at radius 2 is 1.93 bits per heavy atom. The van der Waals surface area contributed by atoms with Crippen LogP contribution >= 0.6 is 0 Å². The molecule has 1 aromatic rings. The third kappa shape index (κ3) is 1.46. The Labute approximate surface area is 86.3 Å². The minimum absolute atomic E-state index is 0.264. The fourth-order valence-electron chi connectivity index (χ4n) is 2.72. The van der Waals surface area contributed by atoms with E-state index in [0.29, 0.717) is 5.92 Å². The maximum absolute atomic E-state index is 6.15. The number of aryl methyl sites for hydroxylation is 2. The van der Waals surface area contributed by atoms with E-state index in [1.165, 1.54) is 28.7 Å². The standard InChI is InChI=1S/C13H19N/c1-8-6-10(3)13-9(2)4-5-12(14)11(13)7-8/h6-7,9,12H,4-5,14H2,1-3H3/t9?,12-/m0/s1. The predicted molar refractivity (Wildman–Crippen MR) is 60.5 cm³/mol. The maximum atomic E-state index is 6.15. The van der Waals surface area contributed by atoms with Crippen molar-refractivity contribution >= 4 is 0 Å². The lowest BCUT2D eigenvalue weighted by molar-refractivity contribution is 0.511. The Balaban J connectivity index is 2.60. The van der Waals surface area contributed by atoms with Gasteiger partial charge in [0.25, 0.3) is 0 Å². The van der Waals surface area contributed by atoms with E-state index in [9.17, 15) is 0 Å². The highest BCUT2D eigenvalue weighted by atomic mass is 14.6. The van der Waals surface area contributed by atoms with Gasteiger partial charge in [-0.1, -0.05) is 24.6 Å². The molecule has 0 heterocycles. The summed E-state index contributed by atoms with van der Waals surface area (Å²) < 4.78 is 0.